The van der Waals surface area contributed by atoms with Crippen molar-refractivity contribution >= 4 is 0 Å². The Bertz CT molecular complexity index is 354. The summed E-state index contributed by atoms with van der Waals surface area (Å²) in [5, 5.41) is 3.46. The number of rotatable bonds is 4. The summed E-state index contributed by atoms with van der Waals surface area (Å²) in [4.78, 5) is 9.31. The third-order valence-corrected chi connectivity index (χ3v) is 3.89. The molecular formula is C14H24N4. The minimum atomic E-state index is 0.452. The van der Waals surface area contributed by atoms with Gasteiger partial charge in [-0.1, -0.05) is 6.07 Å². The molecule has 0 aromatic carbocycles. The Balaban J connectivity index is 2.03. The predicted molar refractivity (Wildman–Crippen MR) is 74.7 cm³/mol. The number of likely N-dealkylation sites (N-methyl/N-ethyl adjacent to an activating group) is 3. The van der Waals surface area contributed by atoms with Gasteiger partial charge in [0.2, 0.25) is 0 Å². The van der Waals surface area contributed by atoms with E-state index in [0.717, 1.165) is 26.1 Å². The van der Waals surface area contributed by atoms with Crippen LogP contribution in [-0.2, 0) is 6.42 Å². The molecule has 4 nitrogen and oxygen atoms in total. The second-order valence-electron chi connectivity index (χ2n) is 5.23. The molecule has 4 heteroatoms. The molecule has 0 radical (unpaired) electrons. The fourth-order valence-electron chi connectivity index (χ4n) is 2.65. The van der Waals surface area contributed by atoms with Crippen LogP contribution in [0.5, 0.6) is 0 Å². The van der Waals surface area contributed by atoms with Crippen LogP contribution in [0.25, 0.3) is 0 Å². The van der Waals surface area contributed by atoms with E-state index in [1.54, 1.807) is 0 Å². The molecule has 0 aliphatic carbocycles. The van der Waals surface area contributed by atoms with Crippen molar-refractivity contribution in [1.29, 1.82) is 0 Å². The van der Waals surface area contributed by atoms with Crippen molar-refractivity contribution in [3.05, 3.63) is 30.1 Å². The first-order valence-electron chi connectivity index (χ1n) is 6.66. The predicted octanol–water partition coefficient (Wildman–Crippen LogP) is 0.458. The molecule has 1 fully saturated rings. The first kappa shape index (κ1) is 13.5. The Labute approximate surface area is 110 Å². The molecule has 2 heterocycles. The van der Waals surface area contributed by atoms with Gasteiger partial charge in [-0.25, -0.2) is 0 Å². The fourth-order valence-corrected chi connectivity index (χ4v) is 2.65. The van der Waals surface area contributed by atoms with E-state index >= 15 is 0 Å². The van der Waals surface area contributed by atoms with Crippen LogP contribution >= 0.6 is 0 Å². The highest BCUT2D eigenvalue weighted by Crippen LogP contribution is 2.13. The van der Waals surface area contributed by atoms with Crippen molar-refractivity contribution in [2.24, 2.45) is 0 Å². The molecular weight excluding hydrogens is 224 g/mol. The molecule has 2 unspecified atom stereocenters. The lowest BCUT2D eigenvalue weighted by Crippen LogP contribution is -2.58. The van der Waals surface area contributed by atoms with Crippen LogP contribution in [0.1, 0.15) is 5.69 Å². The Morgan fingerprint density at radius 1 is 1.39 bits per heavy atom. The van der Waals surface area contributed by atoms with E-state index in [1.807, 2.05) is 12.3 Å². The lowest BCUT2D eigenvalue weighted by atomic mass is 9.99. The summed E-state index contributed by atoms with van der Waals surface area (Å²) in [5.74, 6) is 0. The molecule has 1 N–H and O–H groups in total. The standard InChI is InChI=1S/C14H24N4/c1-15-13(10-12-6-4-5-7-16-12)14-11-17(2)8-9-18(14)3/h4-7,13-15H,8-11H2,1-3H3. The smallest absolute Gasteiger partial charge is 0.0419 e. The monoisotopic (exact) mass is 248 g/mol. The number of aromatic nitrogens is 1. The average molecular weight is 248 g/mol. The zero-order chi connectivity index (χ0) is 13.0. The molecule has 100 valence electrons. The van der Waals surface area contributed by atoms with Gasteiger partial charge in [0.05, 0.1) is 0 Å². The molecule has 0 amide bonds. The normalized spacial score (nSPS) is 24.1. The van der Waals surface area contributed by atoms with Gasteiger partial charge in [0.25, 0.3) is 0 Å². The van der Waals surface area contributed by atoms with Crippen molar-refractivity contribution in [2.75, 3.05) is 40.8 Å². The highest BCUT2D eigenvalue weighted by molar-refractivity contribution is 5.07. The first-order chi connectivity index (χ1) is 8.70. The molecule has 1 saturated heterocycles. The number of hydrogen-bond donors (Lipinski definition) is 1. The second-order valence-corrected chi connectivity index (χ2v) is 5.23. The lowest BCUT2D eigenvalue weighted by Gasteiger charge is -2.41. The SMILES string of the molecule is CNC(Cc1ccccn1)C1CN(C)CCN1C. The minimum absolute atomic E-state index is 0.452. The van der Waals surface area contributed by atoms with Gasteiger partial charge in [-0.15, -0.1) is 0 Å². The summed E-state index contributed by atoms with van der Waals surface area (Å²) < 4.78 is 0. The number of nitrogens with zero attached hydrogens (tertiary/aromatic N) is 3. The maximum atomic E-state index is 4.43. The highest BCUT2D eigenvalue weighted by atomic mass is 15.3. The van der Waals surface area contributed by atoms with Crippen LogP contribution < -0.4 is 5.32 Å². The van der Waals surface area contributed by atoms with Crippen LogP contribution in [0.2, 0.25) is 0 Å². The molecule has 2 atom stereocenters. The largest absolute Gasteiger partial charge is 0.315 e. The lowest BCUT2D eigenvalue weighted by molar-refractivity contribution is 0.0895. The van der Waals surface area contributed by atoms with Crippen molar-refractivity contribution in [2.45, 2.75) is 18.5 Å². The molecule has 18 heavy (non-hydrogen) atoms. The van der Waals surface area contributed by atoms with E-state index in [0.29, 0.717) is 12.1 Å². The number of piperazine rings is 1. The second kappa shape index (κ2) is 6.27. The highest BCUT2D eigenvalue weighted by Gasteiger charge is 2.29. The fraction of sp³-hybridized carbons (Fsp3) is 0.643. The Morgan fingerprint density at radius 2 is 2.22 bits per heavy atom. The summed E-state index contributed by atoms with van der Waals surface area (Å²) >= 11 is 0. The van der Waals surface area contributed by atoms with Gasteiger partial charge in [-0.3, -0.25) is 9.88 Å². The topological polar surface area (TPSA) is 31.4 Å². The summed E-state index contributed by atoms with van der Waals surface area (Å²) in [6.45, 7) is 3.42. The zero-order valence-electron chi connectivity index (χ0n) is 11.6. The van der Waals surface area contributed by atoms with Gasteiger partial charge in [0.1, 0.15) is 0 Å². The number of nitrogens with one attached hydrogen (secondary N) is 1. The number of pyridine rings is 1. The van der Waals surface area contributed by atoms with Gasteiger partial charge >= 0.3 is 0 Å². The van der Waals surface area contributed by atoms with Crippen molar-refractivity contribution < 1.29 is 0 Å². The van der Waals surface area contributed by atoms with Gasteiger partial charge in [-0.05, 0) is 33.3 Å². The molecule has 0 spiro atoms. The molecule has 2 rings (SSSR count). The van der Waals surface area contributed by atoms with Gasteiger partial charge in [0.15, 0.2) is 0 Å². The first-order valence-corrected chi connectivity index (χ1v) is 6.66. The van der Waals surface area contributed by atoms with E-state index < -0.39 is 0 Å². The van der Waals surface area contributed by atoms with Gasteiger partial charge in [-0.2, -0.15) is 0 Å². The van der Waals surface area contributed by atoms with E-state index in [9.17, 15) is 0 Å². The summed E-state index contributed by atoms with van der Waals surface area (Å²) in [6.07, 6.45) is 2.86. The molecule has 1 aliphatic heterocycles. The molecule has 1 aromatic rings. The number of hydrogen-bond acceptors (Lipinski definition) is 4. The summed E-state index contributed by atoms with van der Waals surface area (Å²) in [7, 11) is 6.48. The summed E-state index contributed by atoms with van der Waals surface area (Å²) in [6, 6.07) is 7.14. The summed E-state index contributed by atoms with van der Waals surface area (Å²) in [5.41, 5.74) is 1.17. The van der Waals surface area contributed by atoms with Crippen molar-refractivity contribution in [3.8, 4) is 0 Å². The molecule has 1 aromatic heterocycles. The van der Waals surface area contributed by atoms with Crippen LogP contribution in [0.4, 0.5) is 0 Å². The van der Waals surface area contributed by atoms with Crippen LogP contribution in [0.3, 0.4) is 0 Å². The zero-order valence-corrected chi connectivity index (χ0v) is 11.6. The maximum Gasteiger partial charge on any atom is 0.0419 e. The quantitative estimate of drug-likeness (QED) is 0.839. The Kier molecular flexibility index (Phi) is 4.69. The minimum Gasteiger partial charge on any atom is -0.315 e. The van der Waals surface area contributed by atoms with E-state index in [2.05, 4.69) is 53.4 Å². The van der Waals surface area contributed by atoms with Gasteiger partial charge in [0, 0.05) is 50.0 Å². The van der Waals surface area contributed by atoms with Crippen LogP contribution in [0.15, 0.2) is 24.4 Å². The van der Waals surface area contributed by atoms with E-state index in [4.69, 9.17) is 0 Å². The van der Waals surface area contributed by atoms with Gasteiger partial charge < -0.3 is 10.2 Å². The van der Waals surface area contributed by atoms with E-state index in [-0.39, 0.29) is 0 Å². The Hall–Kier alpha value is -0.970. The maximum absolute atomic E-state index is 4.43. The third-order valence-electron chi connectivity index (χ3n) is 3.89. The molecule has 0 bridgehead atoms. The molecule has 0 saturated carbocycles. The average Bonchev–Trinajstić information content (AvgIpc) is 2.40. The van der Waals surface area contributed by atoms with Crippen molar-refractivity contribution in [1.82, 2.24) is 20.1 Å². The van der Waals surface area contributed by atoms with E-state index in [1.165, 1.54) is 5.69 Å². The van der Waals surface area contributed by atoms with Crippen LogP contribution in [0, 0.1) is 0 Å². The molecule has 1 aliphatic rings. The van der Waals surface area contributed by atoms with Crippen LogP contribution in [-0.4, -0.2) is 67.6 Å². The third kappa shape index (κ3) is 3.28. The Morgan fingerprint density at radius 3 is 2.89 bits per heavy atom. The van der Waals surface area contributed by atoms with Crippen molar-refractivity contribution in [3.63, 3.8) is 0 Å².